The molecule has 3 heterocycles. The van der Waals surface area contributed by atoms with Crippen LogP contribution in [-0.2, 0) is 4.79 Å². The van der Waals surface area contributed by atoms with Gasteiger partial charge in [-0.25, -0.2) is 0 Å². The maximum atomic E-state index is 12.4. The molecule has 1 atom stereocenters. The van der Waals surface area contributed by atoms with Crippen molar-refractivity contribution >= 4 is 29.1 Å². The molecule has 0 bridgehead atoms. The lowest BCUT2D eigenvalue weighted by Crippen LogP contribution is -2.37. The van der Waals surface area contributed by atoms with E-state index in [9.17, 15) is 14.4 Å². The number of nitrogens with zero attached hydrogens (tertiary/aromatic N) is 2. The Morgan fingerprint density at radius 1 is 1.03 bits per heavy atom. The molecule has 1 aromatic heterocycles. The summed E-state index contributed by atoms with van der Waals surface area (Å²) in [6, 6.07) is 11.3. The number of hydrogen-bond donors (Lipinski definition) is 1. The molecule has 1 N–H and O–H groups in total. The quantitative estimate of drug-likeness (QED) is 0.678. The van der Waals surface area contributed by atoms with Crippen molar-refractivity contribution in [3.05, 3.63) is 57.8 Å². The molecule has 4 rings (SSSR count). The summed E-state index contributed by atoms with van der Waals surface area (Å²) in [5.41, 5.74) is 0.901. The first kappa shape index (κ1) is 19.8. The van der Waals surface area contributed by atoms with Crippen molar-refractivity contribution in [2.24, 2.45) is 0 Å². The lowest BCUT2D eigenvalue weighted by molar-refractivity contribution is -0.121. The topological polar surface area (TPSA) is 69.7 Å². The highest BCUT2D eigenvalue weighted by molar-refractivity contribution is 7.10. The third kappa shape index (κ3) is 4.26. The second-order valence-corrected chi connectivity index (χ2v) is 8.47. The summed E-state index contributed by atoms with van der Waals surface area (Å²) in [7, 11) is 0. The summed E-state index contributed by atoms with van der Waals surface area (Å²) >= 11 is 1.72. The zero-order valence-electron chi connectivity index (χ0n) is 16.3. The molecule has 2 aliphatic heterocycles. The Hall–Kier alpha value is -2.51. The lowest BCUT2D eigenvalue weighted by Gasteiger charge is -2.27. The van der Waals surface area contributed by atoms with E-state index in [4.69, 9.17) is 0 Å². The minimum Gasteiger partial charge on any atom is -0.354 e. The molecule has 3 amide bonds. The number of hydrogen-bond acceptors (Lipinski definition) is 5. The van der Waals surface area contributed by atoms with Gasteiger partial charge in [0, 0.05) is 24.4 Å². The van der Waals surface area contributed by atoms with E-state index in [0.29, 0.717) is 30.5 Å². The average molecular weight is 412 g/mol. The van der Waals surface area contributed by atoms with Crippen LogP contribution in [0.15, 0.2) is 41.8 Å². The summed E-state index contributed by atoms with van der Waals surface area (Å²) in [6.07, 6.45) is 3.17. The predicted molar refractivity (Wildman–Crippen MR) is 112 cm³/mol. The van der Waals surface area contributed by atoms with Crippen LogP contribution in [0.4, 0.5) is 0 Å². The van der Waals surface area contributed by atoms with Crippen LogP contribution in [0.2, 0.25) is 0 Å². The predicted octanol–water partition coefficient (Wildman–Crippen LogP) is 3.08. The van der Waals surface area contributed by atoms with E-state index in [0.717, 1.165) is 13.1 Å². The summed E-state index contributed by atoms with van der Waals surface area (Å²) in [6.45, 7) is 2.99. The van der Waals surface area contributed by atoms with Crippen molar-refractivity contribution in [1.29, 1.82) is 0 Å². The van der Waals surface area contributed by atoms with Gasteiger partial charge in [-0.2, -0.15) is 0 Å². The van der Waals surface area contributed by atoms with Crippen LogP contribution < -0.4 is 5.32 Å². The zero-order valence-corrected chi connectivity index (χ0v) is 17.1. The first-order chi connectivity index (χ1) is 14.1. The maximum absolute atomic E-state index is 12.4. The standard InChI is InChI=1S/C22H25N3O3S/c26-20(23-15-18(19-9-6-14-29-19)24-11-3-4-12-24)10-5-13-25-21(27)16-7-1-2-8-17(16)22(25)28/h1-2,6-9,14,18H,3-5,10-13,15H2,(H,23,26)/t18-/m1/s1. The smallest absolute Gasteiger partial charge is 0.261 e. The van der Waals surface area contributed by atoms with Crippen LogP contribution in [0, 0.1) is 0 Å². The molecule has 6 nitrogen and oxygen atoms in total. The number of rotatable bonds is 8. The van der Waals surface area contributed by atoms with Gasteiger partial charge < -0.3 is 5.32 Å². The third-order valence-electron chi connectivity index (χ3n) is 5.61. The normalized spacial score (nSPS) is 17.6. The highest BCUT2D eigenvalue weighted by Crippen LogP contribution is 2.28. The van der Waals surface area contributed by atoms with E-state index in [1.54, 1.807) is 35.6 Å². The molecule has 0 unspecified atom stereocenters. The first-order valence-corrected chi connectivity index (χ1v) is 11.0. The van der Waals surface area contributed by atoms with Gasteiger partial charge in [-0.15, -0.1) is 11.3 Å². The van der Waals surface area contributed by atoms with Gasteiger partial charge in [-0.05, 0) is 55.9 Å². The number of nitrogens with one attached hydrogen (secondary N) is 1. The molecule has 0 radical (unpaired) electrons. The van der Waals surface area contributed by atoms with Gasteiger partial charge >= 0.3 is 0 Å². The molecule has 0 spiro atoms. The van der Waals surface area contributed by atoms with Gasteiger partial charge in [0.25, 0.3) is 11.8 Å². The highest BCUT2D eigenvalue weighted by atomic mass is 32.1. The fraction of sp³-hybridized carbons (Fsp3) is 0.409. The Morgan fingerprint density at radius 3 is 2.34 bits per heavy atom. The maximum Gasteiger partial charge on any atom is 0.261 e. The number of thiophene rings is 1. The van der Waals surface area contributed by atoms with E-state index < -0.39 is 0 Å². The Bertz CT molecular complexity index is 855. The zero-order chi connectivity index (χ0) is 20.2. The van der Waals surface area contributed by atoms with Gasteiger partial charge in [-0.3, -0.25) is 24.2 Å². The number of benzene rings is 1. The Balaban J connectivity index is 1.26. The molecular formula is C22H25N3O3S. The molecule has 0 saturated carbocycles. The minimum absolute atomic E-state index is 0.0395. The number of likely N-dealkylation sites (tertiary alicyclic amines) is 1. The van der Waals surface area contributed by atoms with E-state index in [-0.39, 0.29) is 30.3 Å². The van der Waals surface area contributed by atoms with E-state index in [2.05, 4.69) is 21.7 Å². The molecule has 1 aromatic carbocycles. The summed E-state index contributed by atoms with van der Waals surface area (Å²) in [5.74, 6) is -0.571. The molecule has 7 heteroatoms. The van der Waals surface area contributed by atoms with Gasteiger partial charge in [0.1, 0.15) is 0 Å². The van der Waals surface area contributed by atoms with E-state index >= 15 is 0 Å². The summed E-state index contributed by atoms with van der Waals surface area (Å²) in [4.78, 5) is 42.1. The van der Waals surface area contributed by atoms with Crippen molar-refractivity contribution in [1.82, 2.24) is 15.1 Å². The van der Waals surface area contributed by atoms with Gasteiger partial charge in [0.05, 0.1) is 17.2 Å². The van der Waals surface area contributed by atoms with Crippen molar-refractivity contribution in [3.63, 3.8) is 0 Å². The Kier molecular flexibility index (Phi) is 6.06. The van der Waals surface area contributed by atoms with Crippen molar-refractivity contribution in [2.75, 3.05) is 26.2 Å². The first-order valence-electron chi connectivity index (χ1n) is 10.1. The lowest BCUT2D eigenvalue weighted by atomic mass is 10.1. The molecular weight excluding hydrogens is 386 g/mol. The molecule has 152 valence electrons. The average Bonchev–Trinajstić information content (AvgIpc) is 3.48. The van der Waals surface area contributed by atoms with Crippen molar-refractivity contribution in [2.45, 2.75) is 31.7 Å². The number of carbonyl (C=O) groups is 3. The number of imide groups is 1. The third-order valence-corrected chi connectivity index (χ3v) is 6.58. The van der Waals surface area contributed by atoms with Crippen LogP contribution in [0.5, 0.6) is 0 Å². The fourth-order valence-electron chi connectivity index (χ4n) is 4.08. The molecule has 2 aromatic rings. The Morgan fingerprint density at radius 2 is 1.72 bits per heavy atom. The van der Waals surface area contributed by atoms with Gasteiger partial charge in [0.15, 0.2) is 0 Å². The van der Waals surface area contributed by atoms with E-state index in [1.807, 2.05) is 6.07 Å². The highest BCUT2D eigenvalue weighted by Gasteiger charge is 2.34. The second-order valence-electron chi connectivity index (χ2n) is 7.49. The fourth-order valence-corrected chi connectivity index (χ4v) is 4.94. The summed E-state index contributed by atoms with van der Waals surface area (Å²) in [5, 5.41) is 5.12. The number of fused-ring (bicyclic) bond motifs is 1. The van der Waals surface area contributed by atoms with Crippen LogP contribution in [0.3, 0.4) is 0 Å². The van der Waals surface area contributed by atoms with Crippen LogP contribution in [-0.4, -0.2) is 53.7 Å². The van der Waals surface area contributed by atoms with Crippen LogP contribution in [0.25, 0.3) is 0 Å². The number of carbonyl (C=O) groups excluding carboxylic acids is 3. The molecule has 0 aliphatic carbocycles. The number of amides is 3. The van der Waals surface area contributed by atoms with Gasteiger partial charge in [-0.1, -0.05) is 18.2 Å². The largest absolute Gasteiger partial charge is 0.354 e. The van der Waals surface area contributed by atoms with Gasteiger partial charge in [0.2, 0.25) is 5.91 Å². The van der Waals surface area contributed by atoms with Crippen LogP contribution in [0.1, 0.15) is 57.3 Å². The van der Waals surface area contributed by atoms with Crippen LogP contribution >= 0.6 is 11.3 Å². The van der Waals surface area contributed by atoms with E-state index in [1.165, 1.54) is 22.6 Å². The molecule has 2 aliphatic rings. The molecule has 1 saturated heterocycles. The van der Waals surface area contributed by atoms with Crippen molar-refractivity contribution < 1.29 is 14.4 Å². The summed E-state index contributed by atoms with van der Waals surface area (Å²) < 4.78 is 0. The SMILES string of the molecule is O=C(CCCN1C(=O)c2ccccc2C1=O)NC[C@H](c1cccs1)N1CCCC1. The van der Waals surface area contributed by atoms with Crippen molar-refractivity contribution in [3.8, 4) is 0 Å². The minimum atomic E-state index is -0.266. The monoisotopic (exact) mass is 411 g/mol. The molecule has 29 heavy (non-hydrogen) atoms. The molecule has 1 fully saturated rings. The Labute approximate surface area is 174 Å². The second kappa shape index (κ2) is 8.88.